The van der Waals surface area contributed by atoms with Crippen molar-refractivity contribution in [3.8, 4) is 0 Å². The number of nitrogens with zero attached hydrogens (tertiary/aromatic N) is 4. The van der Waals surface area contributed by atoms with Gasteiger partial charge in [0.15, 0.2) is 11.6 Å². The van der Waals surface area contributed by atoms with E-state index in [2.05, 4.69) is 9.88 Å². The van der Waals surface area contributed by atoms with Crippen LogP contribution in [0.3, 0.4) is 0 Å². The first-order valence-electron chi connectivity index (χ1n) is 9.43. The molecule has 4 rings (SSSR count). The van der Waals surface area contributed by atoms with Gasteiger partial charge in [-0.15, -0.1) is 0 Å². The Morgan fingerprint density at radius 1 is 0.964 bits per heavy atom. The fourth-order valence-electron chi connectivity index (χ4n) is 3.84. The maximum Gasteiger partial charge on any atom is 0.243 e. The highest BCUT2D eigenvalue weighted by atomic mass is 32.2. The molecular weight excluding hydrogens is 386 g/mol. The molecule has 3 heterocycles. The molecule has 2 aromatic rings. The molecule has 0 bridgehead atoms. The number of anilines is 1. The van der Waals surface area contributed by atoms with Gasteiger partial charge in [0.1, 0.15) is 0 Å². The molecule has 28 heavy (non-hydrogen) atoms. The third-order valence-corrected chi connectivity index (χ3v) is 7.31. The van der Waals surface area contributed by atoms with Gasteiger partial charge in [-0.25, -0.2) is 27.2 Å². The van der Waals surface area contributed by atoms with Crippen LogP contribution in [0.25, 0.3) is 0 Å². The van der Waals surface area contributed by atoms with E-state index >= 15 is 0 Å². The fraction of sp³-hybridized carbons (Fsp3) is 0.474. The van der Waals surface area contributed by atoms with Gasteiger partial charge in [-0.2, -0.15) is 4.31 Å². The number of aromatic nitrogens is 2. The van der Waals surface area contributed by atoms with Gasteiger partial charge in [0.05, 0.1) is 10.6 Å². The van der Waals surface area contributed by atoms with Crippen LogP contribution in [0, 0.1) is 18.6 Å². The van der Waals surface area contributed by atoms with Crippen molar-refractivity contribution >= 4 is 16.0 Å². The first kappa shape index (κ1) is 19.2. The second-order valence-corrected chi connectivity index (χ2v) is 9.15. The Balaban J connectivity index is 1.60. The second-order valence-electron chi connectivity index (χ2n) is 7.21. The molecule has 9 heteroatoms. The molecule has 0 amide bonds. The maximum absolute atomic E-state index is 13.5. The molecule has 1 fully saturated rings. The highest BCUT2D eigenvalue weighted by Gasteiger charge is 2.29. The summed E-state index contributed by atoms with van der Waals surface area (Å²) in [4.78, 5) is 11.3. The molecule has 0 spiro atoms. The van der Waals surface area contributed by atoms with E-state index in [1.165, 1.54) is 4.31 Å². The normalized spacial score (nSPS) is 18.2. The molecule has 2 aliphatic rings. The van der Waals surface area contributed by atoms with E-state index in [9.17, 15) is 17.2 Å². The molecule has 1 saturated heterocycles. The van der Waals surface area contributed by atoms with Crippen LogP contribution in [-0.2, 0) is 22.9 Å². The molecule has 0 radical (unpaired) electrons. The molecule has 0 saturated carbocycles. The van der Waals surface area contributed by atoms with Crippen molar-refractivity contribution in [3.05, 3.63) is 46.8 Å². The van der Waals surface area contributed by atoms with E-state index in [4.69, 9.17) is 4.98 Å². The number of rotatable bonds is 3. The highest BCUT2D eigenvalue weighted by Crippen LogP contribution is 2.25. The minimum absolute atomic E-state index is 0.238. The number of halogens is 2. The summed E-state index contributed by atoms with van der Waals surface area (Å²) in [6.45, 7) is 4.30. The van der Waals surface area contributed by atoms with Gasteiger partial charge >= 0.3 is 0 Å². The van der Waals surface area contributed by atoms with Crippen LogP contribution in [0.5, 0.6) is 0 Å². The molecule has 6 nitrogen and oxygen atoms in total. The summed E-state index contributed by atoms with van der Waals surface area (Å²) in [6.07, 6.45) is 3.20. The summed E-state index contributed by atoms with van der Waals surface area (Å²) in [5.74, 6) is -1.52. The van der Waals surface area contributed by atoms with E-state index in [-0.39, 0.29) is 18.0 Å². The maximum atomic E-state index is 13.5. The summed E-state index contributed by atoms with van der Waals surface area (Å²) in [7, 11) is -3.91. The van der Waals surface area contributed by atoms with Crippen molar-refractivity contribution in [2.45, 2.75) is 37.5 Å². The standard InChI is InChI=1S/C19H22F2N4O2S/c1-13-15-6-10-25(28(26,27)14-4-5-16(20)17(21)12-14)11-7-18(15)23-19(22-13)24-8-2-3-9-24/h4-5,12H,2-3,6-11H2,1H3. The Labute approximate surface area is 163 Å². The fourth-order valence-corrected chi connectivity index (χ4v) is 5.29. The lowest BCUT2D eigenvalue weighted by Gasteiger charge is -2.19. The zero-order valence-corrected chi connectivity index (χ0v) is 16.5. The molecular formula is C19H22F2N4O2S. The zero-order valence-electron chi connectivity index (χ0n) is 15.7. The average molecular weight is 408 g/mol. The van der Waals surface area contributed by atoms with Crippen LogP contribution < -0.4 is 4.90 Å². The first-order chi connectivity index (χ1) is 13.4. The van der Waals surface area contributed by atoms with Gasteiger partial charge in [0.25, 0.3) is 0 Å². The van der Waals surface area contributed by atoms with Crippen molar-refractivity contribution < 1.29 is 17.2 Å². The Morgan fingerprint density at radius 2 is 1.68 bits per heavy atom. The summed E-state index contributed by atoms with van der Waals surface area (Å²) < 4.78 is 53.8. The number of benzene rings is 1. The molecule has 1 aromatic carbocycles. The van der Waals surface area contributed by atoms with Gasteiger partial charge in [0.2, 0.25) is 16.0 Å². The van der Waals surface area contributed by atoms with E-state index in [1.807, 2.05) is 6.92 Å². The molecule has 0 atom stereocenters. The van der Waals surface area contributed by atoms with Gasteiger partial charge in [-0.3, -0.25) is 0 Å². The molecule has 0 unspecified atom stereocenters. The number of sulfonamides is 1. The van der Waals surface area contributed by atoms with Crippen molar-refractivity contribution in [2.24, 2.45) is 0 Å². The van der Waals surface area contributed by atoms with Crippen LogP contribution in [0.1, 0.15) is 29.8 Å². The lowest BCUT2D eigenvalue weighted by atomic mass is 10.1. The van der Waals surface area contributed by atoms with Crippen molar-refractivity contribution in [2.75, 3.05) is 31.1 Å². The van der Waals surface area contributed by atoms with Crippen LogP contribution >= 0.6 is 0 Å². The SMILES string of the molecule is Cc1nc(N2CCCC2)nc2c1CCN(S(=O)(=O)c1ccc(F)c(F)c1)CC2. The van der Waals surface area contributed by atoms with E-state index in [0.717, 1.165) is 61.1 Å². The molecule has 0 aliphatic carbocycles. The zero-order chi connectivity index (χ0) is 19.9. The van der Waals surface area contributed by atoms with E-state index in [0.29, 0.717) is 18.8 Å². The Bertz CT molecular complexity index is 1010. The molecule has 150 valence electrons. The van der Waals surface area contributed by atoms with Crippen molar-refractivity contribution in [3.63, 3.8) is 0 Å². The summed E-state index contributed by atoms with van der Waals surface area (Å²) in [5, 5.41) is 0. The lowest BCUT2D eigenvalue weighted by molar-refractivity contribution is 0.424. The number of aryl methyl sites for hydroxylation is 1. The van der Waals surface area contributed by atoms with Crippen LogP contribution in [0.2, 0.25) is 0 Å². The predicted molar refractivity (Wildman–Crippen MR) is 101 cm³/mol. The lowest BCUT2D eigenvalue weighted by Crippen LogP contribution is -2.33. The van der Waals surface area contributed by atoms with Gasteiger partial charge in [0, 0.05) is 38.3 Å². The largest absolute Gasteiger partial charge is 0.341 e. The predicted octanol–water partition coefficient (Wildman–Crippen LogP) is 2.45. The molecule has 2 aliphatic heterocycles. The van der Waals surface area contributed by atoms with Gasteiger partial charge < -0.3 is 4.90 Å². The Morgan fingerprint density at radius 3 is 2.39 bits per heavy atom. The summed E-state index contributed by atoms with van der Waals surface area (Å²) in [6, 6.07) is 2.67. The van der Waals surface area contributed by atoms with Crippen LogP contribution in [0.4, 0.5) is 14.7 Å². The smallest absolute Gasteiger partial charge is 0.243 e. The third kappa shape index (κ3) is 3.48. The van der Waals surface area contributed by atoms with E-state index in [1.54, 1.807) is 0 Å². The average Bonchev–Trinajstić information content (AvgIpc) is 3.10. The van der Waals surface area contributed by atoms with Crippen LogP contribution in [-0.4, -0.2) is 48.9 Å². The highest BCUT2D eigenvalue weighted by molar-refractivity contribution is 7.89. The van der Waals surface area contributed by atoms with E-state index < -0.39 is 21.7 Å². The minimum Gasteiger partial charge on any atom is -0.341 e. The van der Waals surface area contributed by atoms with Gasteiger partial charge in [-0.1, -0.05) is 0 Å². The first-order valence-corrected chi connectivity index (χ1v) is 10.9. The summed E-state index contributed by atoms with van der Waals surface area (Å²) >= 11 is 0. The van der Waals surface area contributed by atoms with Crippen molar-refractivity contribution in [1.29, 1.82) is 0 Å². The second kappa shape index (κ2) is 7.36. The minimum atomic E-state index is -3.91. The summed E-state index contributed by atoms with van der Waals surface area (Å²) in [5.41, 5.74) is 2.72. The Hall–Kier alpha value is -2.13. The Kier molecular flexibility index (Phi) is 5.05. The number of hydrogen-bond donors (Lipinski definition) is 0. The third-order valence-electron chi connectivity index (χ3n) is 5.41. The molecule has 1 aromatic heterocycles. The number of fused-ring (bicyclic) bond motifs is 1. The van der Waals surface area contributed by atoms with Crippen molar-refractivity contribution in [1.82, 2.24) is 14.3 Å². The topological polar surface area (TPSA) is 66.4 Å². The number of hydrogen-bond acceptors (Lipinski definition) is 5. The monoisotopic (exact) mass is 408 g/mol. The quantitative estimate of drug-likeness (QED) is 0.781. The van der Waals surface area contributed by atoms with Crippen LogP contribution in [0.15, 0.2) is 23.1 Å². The van der Waals surface area contributed by atoms with Gasteiger partial charge in [-0.05, 0) is 49.9 Å². The molecule has 0 N–H and O–H groups in total.